The molecule has 0 amide bonds. The second kappa shape index (κ2) is 5.87. The summed E-state index contributed by atoms with van der Waals surface area (Å²) >= 11 is 0. The fraction of sp³-hybridized carbons (Fsp3) is 0.158. The molecule has 0 N–H and O–H groups in total. The van der Waals surface area contributed by atoms with E-state index in [0.29, 0.717) is 11.6 Å². The number of hydrogen-bond acceptors (Lipinski definition) is 2. The third-order valence-corrected chi connectivity index (χ3v) is 3.70. The van der Waals surface area contributed by atoms with Gasteiger partial charge in [-0.05, 0) is 23.6 Å². The van der Waals surface area contributed by atoms with Crippen LogP contribution in [0.5, 0.6) is 0 Å². The number of nitrogens with zero attached hydrogens (tertiary/aromatic N) is 3. The molecule has 0 aliphatic heterocycles. The zero-order chi connectivity index (χ0) is 15.5. The average molecular weight is 287 g/mol. The zero-order valence-electron chi connectivity index (χ0n) is 12.7. The van der Waals surface area contributed by atoms with Crippen LogP contribution in [-0.4, -0.2) is 9.78 Å². The Hall–Kier alpha value is -2.86. The lowest BCUT2D eigenvalue weighted by Crippen LogP contribution is -1.99. The SMILES string of the molecule is CC(C)c1ccc(-c2cc(C#N)nn2-c2ccccc2)cc1. The summed E-state index contributed by atoms with van der Waals surface area (Å²) in [6.07, 6.45) is 0. The van der Waals surface area contributed by atoms with Crippen molar-refractivity contribution < 1.29 is 0 Å². The molecule has 0 radical (unpaired) electrons. The van der Waals surface area contributed by atoms with Gasteiger partial charge in [0.15, 0.2) is 5.69 Å². The molecular weight excluding hydrogens is 270 g/mol. The van der Waals surface area contributed by atoms with Crippen molar-refractivity contribution in [2.75, 3.05) is 0 Å². The van der Waals surface area contributed by atoms with E-state index < -0.39 is 0 Å². The molecule has 3 nitrogen and oxygen atoms in total. The largest absolute Gasteiger partial charge is 0.232 e. The first kappa shape index (κ1) is 14.1. The van der Waals surface area contributed by atoms with Gasteiger partial charge in [-0.3, -0.25) is 0 Å². The minimum atomic E-state index is 0.423. The minimum Gasteiger partial charge on any atom is -0.232 e. The summed E-state index contributed by atoms with van der Waals surface area (Å²) in [6.45, 7) is 4.36. The Labute approximate surface area is 130 Å². The van der Waals surface area contributed by atoms with Gasteiger partial charge >= 0.3 is 0 Å². The van der Waals surface area contributed by atoms with Crippen LogP contribution in [0, 0.1) is 11.3 Å². The van der Waals surface area contributed by atoms with Crippen LogP contribution >= 0.6 is 0 Å². The van der Waals surface area contributed by atoms with E-state index in [-0.39, 0.29) is 0 Å². The quantitative estimate of drug-likeness (QED) is 0.710. The summed E-state index contributed by atoms with van der Waals surface area (Å²) in [4.78, 5) is 0. The van der Waals surface area contributed by atoms with Crippen LogP contribution in [0.25, 0.3) is 16.9 Å². The highest BCUT2D eigenvalue weighted by Gasteiger charge is 2.11. The standard InChI is InChI=1S/C19H17N3/c1-14(2)15-8-10-16(11-9-15)19-12-17(13-20)21-22(19)18-6-4-3-5-7-18/h3-12,14H,1-2H3. The molecule has 0 spiro atoms. The molecular formula is C19H17N3. The molecule has 0 aliphatic rings. The molecule has 3 rings (SSSR count). The maximum atomic E-state index is 9.16. The highest BCUT2D eigenvalue weighted by atomic mass is 15.3. The monoisotopic (exact) mass is 287 g/mol. The fourth-order valence-corrected chi connectivity index (χ4v) is 2.45. The van der Waals surface area contributed by atoms with Crippen LogP contribution < -0.4 is 0 Å². The summed E-state index contributed by atoms with van der Waals surface area (Å²) < 4.78 is 1.82. The zero-order valence-corrected chi connectivity index (χ0v) is 12.7. The molecule has 0 saturated carbocycles. The van der Waals surface area contributed by atoms with Crippen LogP contribution in [0.1, 0.15) is 31.0 Å². The van der Waals surface area contributed by atoms with Crippen LogP contribution in [0.4, 0.5) is 0 Å². The van der Waals surface area contributed by atoms with Gasteiger partial charge in [0.1, 0.15) is 6.07 Å². The molecule has 0 saturated heterocycles. The second-order valence-corrected chi connectivity index (χ2v) is 5.55. The van der Waals surface area contributed by atoms with E-state index in [0.717, 1.165) is 16.9 Å². The lowest BCUT2D eigenvalue weighted by molar-refractivity contribution is 0.865. The van der Waals surface area contributed by atoms with E-state index in [9.17, 15) is 0 Å². The number of para-hydroxylation sites is 1. The summed E-state index contributed by atoms with van der Waals surface area (Å²) in [7, 11) is 0. The van der Waals surface area contributed by atoms with Crippen molar-refractivity contribution >= 4 is 0 Å². The van der Waals surface area contributed by atoms with Gasteiger partial charge in [0, 0.05) is 11.6 Å². The maximum Gasteiger partial charge on any atom is 0.163 e. The Morgan fingerprint density at radius 2 is 1.68 bits per heavy atom. The van der Waals surface area contributed by atoms with Crippen molar-refractivity contribution in [1.29, 1.82) is 5.26 Å². The first-order chi connectivity index (χ1) is 10.7. The molecule has 0 atom stereocenters. The average Bonchev–Trinajstić information content (AvgIpc) is 3.00. The fourth-order valence-electron chi connectivity index (χ4n) is 2.45. The molecule has 0 fully saturated rings. The number of hydrogen-bond donors (Lipinski definition) is 0. The van der Waals surface area contributed by atoms with Gasteiger partial charge < -0.3 is 0 Å². The number of aromatic nitrogens is 2. The normalized spacial score (nSPS) is 10.6. The number of benzene rings is 2. The van der Waals surface area contributed by atoms with Gasteiger partial charge in [-0.15, -0.1) is 0 Å². The summed E-state index contributed by atoms with van der Waals surface area (Å²) in [5.41, 5.74) is 4.66. The van der Waals surface area contributed by atoms with Crippen molar-refractivity contribution in [3.63, 3.8) is 0 Å². The van der Waals surface area contributed by atoms with Gasteiger partial charge in [0.2, 0.25) is 0 Å². The van der Waals surface area contributed by atoms with E-state index in [2.05, 4.69) is 49.3 Å². The summed E-state index contributed by atoms with van der Waals surface area (Å²) in [5, 5.41) is 13.5. The van der Waals surface area contributed by atoms with Gasteiger partial charge in [-0.25, -0.2) is 4.68 Å². The first-order valence-corrected chi connectivity index (χ1v) is 7.35. The van der Waals surface area contributed by atoms with E-state index in [1.807, 2.05) is 41.1 Å². The topological polar surface area (TPSA) is 41.6 Å². The summed E-state index contributed by atoms with van der Waals surface area (Å²) in [6, 6.07) is 22.3. The molecule has 108 valence electrons. The van der Waals surface area contributed by atoms with E-state index in [1.54, 1.807) is 0 Å². The molecule has 22 heavy (non-hydrogen) atoms. The lowest BCUT2D eigenvalue weighted by atomic mass is 10.0. The predicted octanol–water partition coefficient (Wildman–Crippen LogP) is 4.53. The smallest absolute Gasteiger partial charge is 0.163 e. The first-order valence-electron chi connectivity index (χ1n) is 7.35. The molecule has 1 aromatic heterocycles. The Morgan fingerprint density at radius 1 is 1.00 bits per heavy atom. The van der Waals surface area contributed by atoms with Crippen molar-refractivity contribution in [3.8, 4) is 23.0 Å². The van der Waals surface area contributed by atoms with Gasteiger partial charge in [0.25, 0.3) is 0 Å². The molecule has 0 bridgehead atoms. The van der Waals surface area contributed by atoms with Crippen LogP contribution in [0.15, 0.2) is 60.7 Å². The Balaban J connectivity index is 2.10. The Bertz CT molecular complexity index is 806. The third kappa shape index (κ3) is 2.64. The van der Waals surface area contributed by atoms with Crippen LogP contribution in [-0.2, 0) is 0 Å². The predicted molar refractivity (Wildman–Crippen MR) is 87.8 cm³/mol. The molecule has 3 heteroatoms. The molecule has 1 heterocycles. The van der Waals surface area contributed by atoms with Gasteiger partial charge in [-0.2, -0.15) is 10.4 Å². The highest BCUT2D eigenvalue weighted by molar-refractivity contribution is 5.64. The number of rotatable bonds is 3. The van der Waals surface area contributed by atoms with Crippen molar-refractivity contribution in [2.24, 2.45) is 0 Å². The molecule has 2 aromatic carbocycles. The molecule has 3 aromatic rings. The molecule has 0 aliphatic carbocycles. The second-order valence-electron chi connectivity index (χ2n) is 5.55. The van der Waals surface area contributed by atoms with E-state index >= 15 is 0 Å². The van der Waals surface area contributed by atoms with Crippen molar-refractivity contribution in [1.82, 2.24) is 9.78 Å². The highest BCUT2D eigenvalue weighted by Crippen LogP contribution is 2.25. The lowest BCUT2D eigenvalue weighted by Gasteiger charge is -2.09. The van der Waals surface area contributed by atoms with Gasteiger partial charge in [0.05, 0.1) is 11.4 Å². The van der Waals surface area contributed by atoms with Crippen LogP contribution in [0.3, 0.4) is 0 Å². The Morgan fingerprint density at radius 3 is 2.27 bits per heavy atom. The van der Waals surface area contributed by atoms with Crippen molar-refractivity contribution in [3.05, 3.63) is 71.9 Å². The minimum absolute atomic E-state index is 0.423. The molecule has 0 unspecified atom stereocenters. The third-order valence-electron chi connectivity index (χ3n) is 3.70. The van der Waals surface area contributed by atoms with E-state index in [4.69, 9.17) is 5.26 Å². The summed E-state index contributed by atoms with van der Waals surface area (Å²) in [5.74, 6) is 0.503. The van der Waals surface area contributed by atoms with Gasteiger partial charge in [-0.1, -0.05) is 56.3 Å². The number of nitriles is 1. The van der Waals surface area contributed by atoms with E-state index in [1.165, 1.54) is 5.56 Å². The Kier molecular flexibility index (Phi) is 3.76. The van der Waals surface area contributed by atoms with Crippen LogP contribution in [0.2, 0.25) is 0 Å². The maximum absolute atomic E-state index is 9.16. The van der Waals surface area contributed by atoms with Crippen molar-refractivity contribution in [2.45, 2.75) is 19.8 Å².